The van der Waals surface area contributed by atoms with Crippen LogP contribution in [0.2, 0.25) is 0 Å². The summed E-state index contributed by atoms with van der Waals surface area (Å²) in [5.41, 5.74) is 0.882. The summed E-state index contributed by atoms with van der Waals surface area (Å²) in [6, 6.07) is 9.60. The van der Waals surface area contributed by atoms with Gasteiger partial charge in [0.15, 0.2) is 0 Å². The first kappa shape index (κ1) is 28.1. The zero-order valence-corrected chi connectivity index (χ0v) is 24.4. The Morgan fingerprint density at radius 1 is 1.25 bits per heavy atom. The molecule has 8 nitrogen and oxygen atoms in total. The molecule has 0 spiro atoms. The Morgan fingerprint density at radius 3 is 2.62 bits per heavy atom. The zero-order valence-electron chi connectivity index (χ0n) is 23.6. The summed E-state index contributed by atoms with van der Waals surface area (Å²) in [6.07, 6.45) is 7.46. The van der Waals surface area contributed by atoms with E-state index in [1.807, 2.05) is 31.2 Å². The van der Waals surface area contributed by atoms with Gasteiger partial charge in [-0.25, -0.2) is 4.98 Å². The van der Waals surface area contributed by atoms with Crippen LogP contribution in [0.3, 0.4) is 0 Å². The van der Waals surface area contributed by atoms with E-state index >= 15 is 0 Å². The number of rotatable bonds is 9. The minimum absolute atomic E-state index is 0.107. The highest BCUT2D eigenvalue weighted by Gasteiger charge is 2.35. The van der Waals surface area contributed by atoms with Gasteiger partial charge in [0.05, 0.1) is 30.9 Å². The third-order valence-corrected chi connectivity index (χ3v) is 9.45. The number of carboxylic acid groups (broad SMARTS) is 1. The van der Waals surface area contributed by atoms with Crippen LogP contribution in [0, 0.1) is 12.8 Å². The summed E-state index contributed by atoms with van der Waals surface area (Å²) in [7, 11) is 1.65. The molecule has 3 heterocycles. The van der Waals surface area contributed by atoms with E-state index in [4.69, 9.17) is 13.9 Å². The second-order valence-corrected chi connectivity index (χ2v) is 12.3. The van der Waals surface area contributed by atoms with E-state index in [-0.39, 0.29) is 23.3 Å². The number of hydrogen-bond donors (Lipinski definition) is 1. The third kappa shape index (κ3) is 5.20. The standard InChI is InChI=1S/C31H36N2O6S/c1-18-10-12-21(13-11-18)39-25(22-8-6-7-9-24(22)37-5)17-20-16-23(31(3,4)30(35)36)28(34)33-19(2)26(40-29(20)33)27-32-14-15-38-27/h6-9,14-16,18,21,25H,10-13,17H2,1-5H3,(H,35,36)/t18?,21?,25-/m0/s1. The Morgan fingerprint density at radius 2 is 1.98 bits per heavy atom. The minimum Gasteiger partial charge on any atom is -0.496 e. The van der Waals surface area contributed by atoms with Crippen molar-refractivity contribution in [3.63, 3.8) is 0 Å². The van der Waals surface area contributed by atoms with Crippen LogP contribution in [0.15, 0.2) is 52.0 Å². The molecule has 212 valence electrons. The van der Waals surface area contributed by atoms with Crippen molar-refractivity contribution in [2.24, 2.45) is 5.92 Å². The van der Waals surface area contributed by atoms with Gasteiger partial charge in [-0.1, -0.05) is 25.1 Å². The molecule has 1 atom stereocenters. The Kier molecular flexibility index (Phi) is 7.88. The number of oxazole rings is 1. The number of benzene rings is 1. The van der Waals surface area contributed by atoms with Crippen molar-refractivity contribution in [1.82, 2.24) is 9.38 Å². The maximum Gasteiger partial charge on any atom is 0.313 e. The highest BCUT2D eigenvalue weighted by molar-refractivity contribution is 7.21. The molecule has 1 saturated carbocycles. The van der Waals surface area contributed by atoms with Crippen molar-refractivity contribution in [3.8, 4) is 16.5 Å². The summed E-state index contributed by atoms with van der Waals surface area (Å²) in [6.45, 7) is 7.25. The van der Waals surface area contributed by atoms with Gasteiger partial charge in [0.25, 0.3) is 5.56 Å². The summed E-state index contributed by atoms with van der Waals surface area (Å²) >= 11 is 1.42. The SMILES string of the molecule is COc1ccccc1[C@H](Cc1cc(C(C)(C)C(=O)O)c(=O)n2c(C)c(-c3ncco3)sc12)OC1CCC(C)CC1. The van der Waals surface area contributed by atoms with Crippen LogP contribution < -0.4 is 10.3 Å². The molecule has 1 aromatic carbocycles. The predicted octanol–water partition coefficient (Wildman–Crippen LogP) is 6.57. The van der Waals surface area contributed by atoms with Crippen LogP contribution >= 0.6 is 11.3 Å². The predicted molar refractivity (Wildman–Crippen MR) is 154 cm³/mol. The monoisotopic (exact) mass is 564 g/mol. The second-order valence-electron chi connectivity index (χ2n) is 11.3. The maximum absolute atomic E-state index is 13.8. The molecule has 1 fully saturated rings. The fraction of sp³-hybridized carbons (Fsp3) is 0.452. The number of carboxylic acids is 1. The summed E-state index contributed by atoms with van der Waals surface area (Å²) in [4.78, 5) is 31.9. The molecule has 0 aliphatic heterocycles. The molecular formula is C31H36N2O6S. The van der Waals surface area contributed by atoms with Gasteiger partial charge in [0.1, 0.15) is 21.7 Å². The second kappa shape index (κ2) is 11.2. The van der Waals surface area contributed by atoms with E-state index in [1.165, 1.54) is 17.6 Å². The molecule has 40 heavy (non-hydrogen) atoms. The molecule has 1 aliphatic carbocycles. The highest BCUT2D eigenvalue weighted by Crippen LogP contribution is 2.39. The van der Waals surface area contributed by atoms with E-state index in [1.54, 1.807) is 37.6 Å². The van der Waals surface area contributed by atoms with Crippen LogP contribution in [0.25, 0.3) is 15.6 Å². The van der Waals surface area contributed by atoms with Gasteiger partial charge in [0, 0.05) is 23.2 Å². The number of methoxy groups -OCH3 is 1. The lowest BCUT2D eigenvalue weighted by atomic mass is 9.84. The van der Waals surface area contributed by atoms with E-state index in [2.05, 4.69) is 11.9 Å². The molecule has 1 aliphatic rings. The zero-order chi connectivity index (χ0) is 28.6. The van der Waals surface area contributed by atoms with E-state index in [0.29, 0.717) is 23.9 Å². The number of fused-ring (bicyclic) bond motifs is 1. The van der Waals surface area contributed by atoms with Crippen LogP contribution in [-0.4, -0.2) is 33.7 Å². The van der Waals surface area contributed by atoms with Crippen molar-refractivity contribution in [2.45, 2.75) is 77.4 Å². The van der Waals surface area contributed by atoms with Crippen molar-refractivity contribution < 1.29 is 23.8 Å². The average Bonchev–Trinajstić information content (AvgIpc) is 3.59. The van der Waals surface area contributed by atoms with Crippen LogP contribution in [-0.2, 0) is 21.4 Å². The molecule has 0 saturated heterocycles. The van der Waals surface area contributed by atoms with Crippen molar-refractivity contribution in [1.29, 1.82) is 0 Å². The first-order chi connectivity index (χ1) is 19.1. The molecule has 5 rings (SSSR count). The quantitative estimate of drug-likeness (QED) is 0.245. The van der Waals surface area contributed by atoms with Gasteiger partial charge in [-0.2, -0.15) is 0 Å². The summed E-state index contributed by atoms with van der Waals surface area (Å²) < 4.78 is 19.7. The number of carbonyl (C=O) groups is 1. The topological polar surface area (TPSA) is 103 Å². The van der Waals surface area contributed by atoms with Crippen LogP contribution in [0.4, 0.5) is 0 Å². The van der Waals surface area contributed by atoms with Crippen LogP contribution in [0.1, 0.15) is 74.9 Å². The molecule has 4 aromatic rings. The average molecular weight is 565 g/mol. The van der Waals surface area contributed by atoms with Crippen molar-refractivity contribution in [3.05, 3.63) is 75.5 Å². The Labute approximate surface area is 237 Å². The highest BCUT2D eigenvalue weighted by atomic mass is 32.1. The number of aryl methyl sites for hydroxylation is 1. The fourth-order valence-corrected chi connectivity index (χ4v) is 6.75. The smallest absolute Gasteiger partial charge is 0.313 e. The Bertz CT molecular complexity index is 1560. The minimum atomic E-state index is -1.40. The van der Waals surface area contributed by atoms with Crippen molar-refractivity contribution >= 4 is 22.1 Å². The number of hydrogen-bond acceptors (Lipinski definition) is 7. The number of pyridine rings is 1. The number of thiazole rings is 1. The first-order valence-corrected chi connectivity index (χ1v) is 14.5. The molecule has 0 amide bonds. The Balaban J connectivity index is 1.69. The number of aromatic nitrogens is 2. The van der Waals surface area contributed by atoms with Gasteiger partial charge < -0.3 is 19.0 Å². The fourth-order valence-electron chi connectivity index (χ4n) is 5.55. The lowest BCUT2D eigenvalue weighted by Crippen LogP contribution is -2.36. The van der Waals surface area contributed by atoms with E-state index in [9.17, 15) is 14.7 Å². The van der Waals surface area contributed by atoms with Crippen LogP contribution in [0.5, 0.6) is 5.75 Å². The first-order valence-electron chi connectivity index (χ1n) is 13.7. The number of ether oxygens (including phenoxy) is 2. The maximum atomic E-state index is 13.8. The molecular weight excluding hydrogens is 528 g/mol. The molecule has 0 bridgehead atoms. The number of nitrogens with zero attached hydrogens (tertiary/aromatic N) is 2. The molecule has 3 aromatic heterocycles. The van der Waals surface area contributed by atoms with E-state index < -0.39 is 11.4 Å². The summed E-state index contributed by atoms with van der Waals surface area (Å²) in [5, 5.41) is 10.1. The molecule has 0 unspecified atom stereocenters. The molecule has 1 N–H and O–H groups in total. The van der Waals surface area contributed by atoms with Crippen molar-refractivity contribution in [2.75, 3.05) is 7.11 Å². The Hall–Kier alpha value is -3.43. The van der Waals surface area contributed by atoms with E-state index in [0.717, 1.165) is 52.3 Å². The molecule has 9 heteroatoms. The third-order valence-electron chi connectivity index (χ3n) is 8.14. The summed E-state index contributed by atoms with van der Waals surface area (Å²) in [5.74, 6) is 0.776. The normalized spacial score (nSPS) is 18.6. The molecule has 0 radical (unpaired) electrons. The lowest BCUT2D eigenvalue weighted by Gasteiger charge is -2.31. The van der Waals surface area contributed by atoms with Gasteiger partial charge in [0.2, 0.25) is 5.89 Å². The van der Waals surface area contributed by atoms with Gasteiger partial charge in [-0.05, 0) is 70.1 Å². The van der Waals surface area contributed by atoms with Gasteiger partial charge >= 0.3 is 5.97 Å². The van der Waals surface area contributed by atoms with Gasteiger partial charge in [-0.3, -0.25) is 14.0 Å². The number of para-hydroxylation sites is 1. The number of aliphatic carboxylic acids is 1. The lowest BCUT2D eigenvalue weighted by molar-refractivity contribution is -0.142. The largest absolute Gasteiger partial charge is 0.496 e. The van der Waals surface area contributed by atoms with Gasteiger partial charge in [-0.15, -0.1) is 11.3 Å².